The Labute approximate surface area is 144 Å². The van der Waals surface area contributed by atoms with Crippen molar-refractivity contribution in [1.29, 1.82) is 0 Å². The minimum Gasteiger partial charge on any atom is -0.477 e. The highest BCUT2D eigenvalue weighted by Crippen LogP contribution is 2.44. The predicted octanol–water partition coefficient (Wildman–Crippen LogP) is 0.844. The summed E-state index contributed by atoms with van der Waals surface area (Å²) >= 11 is 0. The second-order valence-electron chi connectivity index (χ2n) is 6.53. The van der Waals surface area contributed by atoms with E-state index in [1.54, 1.807) is 0 Å². The highest BCUT2D eigenvalue weighted by molar-refractivity contribution is 6.17. The molecule has 136 valence electrons. The van der Waals surface area contributed by atoms with E-state index in [1.165, 1.54) is 0 Å². The first-order chi connectivity index (χ1) is 11.7. The van der Waals surface area contributed by atoms with Gasteiger partial charge < -0.3 is 18.9 Å². The van der Waals surface area contributed by atoms with Crippen LogP contribution in [0, 0.1) is 5.41 Å². The predicted molar refractivity (Wildman–Crippen MR) is 83.0 cm³/mol. The van der Waals surface area contributed by atoms with E-state index >= 15 is 0 Å². The topological polar surface area (TPSA) is 105 Å². The molecule has 25 heavy (non-hydrogen) atoms. The highest BCUT2D eigenvalue weighted by atomic mass is 16.6. The summed E-state index contributed by atoms with van der Waals surface area (Å²) in [5.41, 5.74) is -1.15. The number of Topliss-reactive ketones (excluding diaryl/α,β-unsaturated/α-hetero) is 1. The van der Waals surface area contributed by atoms with Crippen molar-refractivity contribution in [1.82, 2.24) is 0 Å². The lowest BCUT2D eigenvalue weighted by Gasteiger charge is -2.36. The van der Waals surface area contributed by atoms with Crippen LogP contribution in [0.15, 0.2) is 22.5 Å². The number of methoxy groups -OCH3 is 3. The van der Waals surface area contributed by atoms with Crippen LogP contribution in [0.1, 0.15) is 26.7 Å². The van der Waals surface area contributed by atoms with Crippen LogP contribution in [0.25, 0.3) is 0 Å². The van der Waals surface area contributed by atoms with Crippen LogP contribution in [0.4, 0.5) is 0 Å². The molecule has 0 saturated heterocycles. The maximum absolute atomic E-state index is 12.6. The third kappa shape index (κ3) is 3.29. The zero-order valence-electron chi connectivity index (χ0n) is 14.8. The zero-order chi connectivity index (χ0) is 18.9. The van der Waals surface area contributed by atoms with Crippen molar-refractivity contribution in [2.24, 2.45) is 5.41 Å². The van der Waals surface area contributed by atoms with E-state index in [9.17, 15) is 19.2 Å². The second kappa shape index (κ2) is 6.70. The molecule has 0 amide bonds. The third-order valence-corrected chi connectivity index (χ3v) is 4.09. The molecule has 0 saturated carbocycles. The first-order valence-electron chi connectivity index (χ1n) is 7.59. The Morgan fingerprint density at radius 2 is 1.60 bits per heavy atom. The number of hydrogen-bond acceptors (Lipinski definition) is 8. The summed E-state index contributed by atoms with van der Waals surface area (Å²) in [6.45, 7) is 3.73. The van der Waals surface area contributed by atoms with Gasteiger partial charge in [-0.15, -0.1) is 0 Å². The minimum absolute atomic E-state index is 0.0354. The van der Waals surface area contributed by atoms with Gasteiger partial charge in [-0.3, -0.25) is 4.79 Å². The summed E-state index contributed by atoms with van der Waals surface area (Å²) in [7, 11) is 3.33. The van der Waals surface area contributed by atoms with Crippen LogP contribution in [-0.2, 0) is 38.1 Å². The smallest absolute Gasteiger partial charge is 0.352 e. The Morgan fingerprint density at radius 3 is 2.12 bits per heavy atom. The van der Waals surface area contributed by atoms with Crippen molar-refractivity contribution in [2.45, 2.75) is 32.8 Å². The molecule has 0 fully saturated rings. The van der Waals surface area contributed by atoms with Gasteiger partial charge in [0.25, 0.3) is 0 Å². The maximum Gasteiger partial charge on any atom is 0.352 e. The van der Waals surface area contributed by atoms with Crippen molar-refractivity contribution in [3.63, 3.8) is 0 Å². The number of carbonyl (C=O) groups is 4. The van der Waals surface area contributed by atoms with Gasteiger partial charge >= 0.3 is 17.9 Å². The number of rotatable bonds is 3. The van der Waals surface area contributed by atoms with Crippen molar-refractivity contribution in [3.8, 4) is 0 Å². The molecule has 8 nitrogen and oxygen atoms in total. The van der Waals surface area contributed by atoms with Gasteiger partial charge in [0.15, 0.2) is 5.78 Å². The summed E-state index contributed by atoms with van der Waals surface area (Å²) in [6, 6.07) is 0. The van der Waals surface area contributed by atoms with E-state index in [0.717, 1.165) is 21.3 Å². The molecule has 1 unspecified atom stereocenters. The number of ketones is 1. The van der Waals surface area contributed by atoms with Crippen molar-refractivity contribution in [2.75, 3.05) is 21.3 Å². The van der Waals surface area contributed by atoms with Gasteiger partial charge in [0.2, 0.25) is 6.10 Å². The van der Waals surface area contributed by atoms with Gasteiger partial charge in [-0.1, -0.05) is 13.8 Å². The van der Waals surface area contributed by atoms with Gasteiger partial charge in [0.1, 0.15) is 11.3 Å². The fourth-order valence-electron chi connectivity index (χ4n) is 3.02. The molecule has 0 N–H and O–H groups in total. The fraction of sp³-hybridized carbons (Fsp3) is 0.529. The first kappa shape index (κ1) is 18.7. The quantitative estimate of drug-likeness (QED) is 0.544. The summed E-state index contributed by atoms with van der Waals surface area (Å²) in [5.74, 6) is -2.97. The van der Waals surface area contributed by atoms with E-state index in [4.69, 9.17) is 9.47 Å². The zero-order valence-corrected chi connectivity index (χ0v) is 14.8. The highest BCUT2D eigenvalue weighted by Gasteiger charge is 2.48. The molecule has 1 aliphatic carbocycles. The maximum atomic E-state index is 12.6. The van der Waals surface area contributed by atoms with Crippen LogP contribution >= 0.6 is 0 Å². The van der Waals surface area contributed by atoms with Gasteiger partial charge in [-0.2, -0.15) is 0 Å². The van der Waals surface area contributed by atoms with Crippen molar-refractivity contribution in [3.05, 3.63) is 22.5 Å². The summed E-state index contributed by atoms with van der Waals surface area (Å²) in [5, 5.41) is 0. The van der Waals surface area contributed by atoms with E-state index in [0.29, 0.717) is 6.42 Å². The summed E-state index contributed by atoms with van der Waals surface area (Å²) in [4.78, 5) is 49.3. The Balaban J connectivity index is 2.76. The average molecular weight is 352 g/mol. The van der Waals surface area contributed by atoms with Crippen molar-refractivity contribution >= 4 is 23.7 Å². The normalized spacial score (nSPS) is 22.0. The van der Waals surface area contributed by atoms with Gasteiger partial charge in [0, 0.05) is 12.8 Å². The lowest BCUT2D eigenvalue weighted by atomic mass is 9.73. The SMILES string of the molecule is COC(=O)C1=C(C(=O)OC)C(C(=O)OC)OC2=C1C(=O)CC(C)(C)C2. The molecule has 0 aromatic heterocycles. The standard InChI is InChI=1S/C17H20O8/c1-17(2)6-8(18)10-9(7-17)25-13(16(21)24-5)12(15(20)23-4)11(10)14(19)22-3/h13H,6-7H2,1-5H3. The molecule has 0 aromatic rings. The summed E-state index contributed by atoms with van der Waals surface area (Å²) < 4.78 is 19.7. The lowest BCUT2D eigenvalue weighted by molar-refractivity contribution is -0.154. The van der Waals surface area contributed by atoms with E-state index < -0.39 is 35.0 Å². The van der Waals surface area contributed by atoms with E-state index in [1.807, 2.05) is 13.8 Å². The number of ether oxygens (including phenoxy) is 4. The second-order valence-corrected chi connectivity index (χ2v) is 6.53. The average Bonchev–Trinajstić information content (AvgIpc) is 2.56. The molecule has 2 rings (SSSR count). The Bertz CT molecular complexity index is 710. The van der Waals surface area contributed by atoms with Crippen LogP contribution < -0.4 is 0 Å². The first-order valence-corrected chi connectivity index (χ1v) is 7.59. The molecular weight excluding hydrogens is 332 g/mol. The molecule has 1 aliphatic heterocycles. The Morgan fingerprint density at radius 1 is 1.00 bits per heavy atom. The number of hydrogen-bond donors (Lipinski definition) is 0. The molecule has 2 aliphatic rings. The Hall–Kier alpha value is -2.64. The molecule has 1 atom stereocenters. The van der Waals surface area contributed by atoms with Crippen LogP contribution in [0.2, 0.25) is 0 Å². The Kier molecular flexibility index (Phi) is 5.01. The monoisotopic (exact) mass is 352 g/mol. The van der Waals surface area contributed by atoms with Crippen LogP contribution in [-0.4, -0.2) is 51.1 Å². The van der Waals surface area contributed by atoms with Gasteiger partial charge in [0.05, 0.1) is 32.5 Å². The van der Waals surface area contributed by atoms with Crippen LogP contribution in [0.3, 0.4) is 0 Å². The third-order valence-electron chi connectivity index (χ3n) is 4.09. The molecule has 0 radical (unpaired) electrons. The van der Waals surface area contributed by atoms with Gasteiger partial charge in [-0.05, 0) is 5.41 Å². The molecule has 1 heterocycles. The molecule has 8 heteroatoms. The fourth-order valence-corrected chi connectivity index (χ4v) is 3.02. The lowest BCUT2D eigenvalue weighted by Crippen LogP contribution is -2.41. The van der Waals surface area contributed by atoms with E-state index in [2.05, 4.69) is 9.47 Å². The van der Waals surface area contributed by atoms with Gasteiger partial charge in [-0.25, -0.2) is 14.4 Å². The number of allylic oxidation sites excluding steroid dienone is 1. The molecule has 0 bridgehead atoms. The number of esters is 3. The van der Waals surface area contributed by atoms with E-state index in [-0.39, 0.29) is 29.1 Å². The minimum atomic E-state index is -1.51. The number of carbonyl (C=O) groups excluding carboxylic acids is 4. The molecule has 0 spiro atoms. The van der Waals surface area contributed by atoms with Crippen LogP contribution in [0.5, 0.6) is 0 Å². The molecule has 0 aromatic carbocycles. The molecular formula is C17H20O8. The summed E-state index contributed by atoms with van der Waals surface area (Å²) in [6.07, 6.45) is -1.03. The largest absolute Gasteiger partial charge is 0.477 e. The van der Waals surface area contributed by atoms with Crippen molar-refractivity contribution < 1.29 is 38.1 Å².